The molecule has 162 valence electrons. The van der Waals surface area contributed by atoms with Crippen LogP contribution in [0.1, 0.15) is 13.8 Å². The molecule has 0 unspecified atom stereocenters. The number of benzene rings is 4. The Morgan fingerprint density at radius 1 is 0.625 bits per heavy atom. The number of fused-ring (bicyclic) bond motifs is 2. The summed E-state index contributed by atoms with van der Waals surface area (Å²) in [4.78, 5) is 25.1. The molecule has 0 saturated heterocycles. The molecule has 0 radical (unpaired) electrons. The van der Waals surface area contributed by atoms with Crippen LogP contribution in [0.2, 0.25) is 0 Å². The molecule has 0 aliphatic heterocycles. The highest BCUT2D eigenvalue weighted by molar-refractivity contribution is 6.17. The Morgan fingerprint density at radius 3 is 1.38 bits per heavy atom. The van der Waals surface area contributed by atoms with Crippen LogP contribution in [0.5, 0.6) is 0 Å². The average molecular weight is 427 g/mol. The van der Waals surface area contributed by atoms with E-state index in [-0.39, 0.29) is 11.8 Å². The molecule has 0 heterocycles. The molecule has 0 aliphatic carbocycles. The van der Waals surface area contributed by atoms with Gasteiger partial charge in [0.25, 0.3) is 0 Å². The molecule has 0 aromatic heterocycles. The van der Waals surface area contributed by atoms with E-state index in [4.69, 9.17) is 11.5 Å². The van der Waals surface area contributed by atoms with Gasteiger partial charge in [-0.25, -0.2) is 0 Å². The zero-order valence-electron chi connectivity index (χ0n) is 18.1. The van der Waals surface area contributed by atoms with Crippen LogP contribution in [0.3, 0.4) is 0 Å². The molecule has 0 fully saturated rings. The van der Waals surface area contributed by atoms with Crippen LogP contribution in [0.4, 0.5) is 11.4 Å². The first-order valence-corrected chi connectivity index (χ1v) is 10.5. The highest BCUT2D eigenvalue weighted by Crippen LogP contribution is 2.43. The molecule has 4 rings (SSSR count). The molecule has 0 saturated carbocycles. The first-order valence-electron chi connectivity index (χ1n) is 10.5. The lowest BCUT2D eigenvalue weighted by atomic mass is 9.90. The number of nitrogens with two attached hydrogens (primary N) is 2. The van der Waals surface area contributed by atoms with Gasteiger partial charge in [0.15, 0.2) is 0 Å². The second-order valence-corrected chi connectivity index (χ2v) is 7.97. The largest absolute Gasteiger partial charge is 0.324 e. The second-order valence-electron chi connectivity index (χ2n) is 7.97. The van der Waals surface area contributed by atoms with Gasteiger partial charge in [-0.3, -0.25) is 9.59 Å². The summed E-state index contributed by atoms with van der Waals surface area (Å²) in [5.74, 6) is -0.578. The lowest BCUT2D eigenvalue weighted by molar-refractivity contribution is -0.117. The number of hydrogen-bond donors (Lipinski definition) is 4. The van der Waals surface area contributed by atoms with Crippen LogP contribution in [0, 0.1) is 0 Å². The SMILES string of the molecule is C[C@H](N)C(=O)Nc1ccc2ccccc2c1-c1c(NC(=O)[C@H](C)N)ccc2ccccc12. The van der Waals surface area contributed by atoms with Gasteiger partial charge in [0, 0.05) is 22.5 Å². The van der Waals surface area contributed by atoms with E-state index in [9.17, 15) is 9.59 Å². The van der Waals surface area contributed by atoms with E-state index in [1.165, 1.54) is 0 Å². The molecular weight excluding hydrogens is 400 g/mol. The van der Waals surface area contributed by atoms with E-state index in [0.717, 1.165) is 32.7 Å². The number of anilines is 2. The van der Waals surface area contributed by atoms with Crippen molar-refractivity contribution in [2.24, 2.45) is 11.5 Å². The molecule has 4 aromatic carbocycles. The minimum Gasteiger partial charge on any atom is -0.324 e. The van der Waals surface area contributed by atoms with Crippen molar-refractivity contribution in [2.45, 2.75) is 25.9 Å². The summed E-state index contributed by atoms with van der Waals surface area (Å²) in [5.41, 5.74) is 14.5. The number of carbonyl (C=O) groups is 2. The summed E-state index contributed by atoms with van der Waals surface area (Å²) in [5, 5.41) is 9.85. The minimum absolute atomic E-state index is 0.289. The van der Waals surface area contributed by atoms with E-state index in [1.807, 2.05) is 72.8 Å². The highest BCUT2D eigenvalue weighted by Gasteiger charge is 2.20. The fourth-order valence-electron chi connectivity index (χ4n) is 3.78. The van der Waals surface area contributed by atoms with Crippen LogP contribution in [0.15, 0.2) is 72.8 Å². The van der Waals surface area contributed by atoms with Crippen molar-refractivity contribution in [3.8, 4) is 11.1 Å². The van der Waals surface area contributed by atoms with Gasteiger partial charge >= 0.3 is 0 Å². The van der Waals surface area contributed by atoms with Crippen LogP contribution in [0.25, 0.3) is 32.7 Å². The zero-order valence-corrected chi connectivity index (χ0v) is 18.1. The van der Waals surface area contributed by atoms with Gasteiger partial charge in [0.05, 0.1) is 12.1 Å². The molecule has 2 atom stereocenters. The van der Waals surface area contributed by atoms with Crippen molar-refractivity contribution < 1.29 is 9.59 Å². The van der Waals surface area contributed by atoms with E-state index in [0.29, 0.717) is 11.4 Å². The Kier molecular flexibility index (Phi) is 5.90. The van der Waals surface area contributed by atoms with Crippen LogP contribution in [-0.4, -0.2) is 23.9 Å². The standard InChI is InChI=1S/C26H26N4O2/c1-15(27)25(31)29-21-13-11-17-7-3-5-9-19(17)23(21)24-20-10-6-4-8-18(20)12-14-22(24)30-26(32)16(2)28/h3-16H,27-28H2,1-2H3,(H,29,31)(H,30,32)/t15-,16-/m0/s1. The number of carbonyl (C=O) groups excluding carboxylic acids is 2. The zero-order chi connectivity index (χ0) is 22.8. The normalized spacial score (nSPS) is 13.0. The fourth-order valence-corrected chi connectivity index (χ4v) is 3.78. The van der Waals surface area contributed by atoms with Gasteiger partial charge < -0.3 is 22.1 Å². The van der Waals surface area contributed by atoms with Crippen LogP contribution >= 0.6 is 0 Å². The summed E-state index contributed by atoms with van der Waals surface area (Å²) in [7, 11) is 0. The number of rotatable bonds is 5. The lowest BCUT2D eigenvalue weighted by Crippen LogP contribution is -2.33. The van der Waals surface area contributed by atoms with Crippen molar-refractivity contribution in [1.29, 1.82) is 0 Å². The Hall–Kier alpha value is -3.74. The Morgan fingerprint density at radius 2 is 1.00 bits per heavy atom. The Balaban J connectivity index is 2.07. The maximum absolute atomic E-state index is 12.5. The summed E-state index contributed by atoms with van der Waals surface area (Å²) in [6, 6.07) is 22.2. The molecule has 4 aromatic rings. The number of hydrogen-bond acceptors (Lipinski definition) is 4. The van der Waals surface area contributed by atoms with E-state index < -0.39 is 12.1 Å². The van der Waals surface area contributed by atoms with Gasteiger partial charge in [-0.2, -0.15) is 0 Å². The summed E-state index contributed by atoms with van der Waals surface area (Å²) in [6.07, 6.45) is 0. The Labute approximate surface area is 186 Å². The number of nitrogens with one attached hydrogen (secondary N) is 2. The van der Waals surface area contributed by atoms with Crippen molar-refractivity contribution in [3.05, 3.63) is 72.8 Å². The van der Waals surface area contributed by atoms with E-state index in [1.54, 1.807) is 13.8 Å². The molecule has 32 heavy (non-hydrogen) atoms. The topological polar surface area (TPSA) is 110 Å². The van der Waals surface area contributed by atoms with Crippen molar-refractivity contribution in [1.82, 2.24) is 0 Å². The number of amides is 2. The van der Waals surface area contributed by atoms with Gasteiger partial charge in [-0.1, -0.05) is 60.7 Å². The molecule has 6 nitrogen and oxygen atoms in total. The quantitative estimate of drug-likeness (QED) is 0.383. The van der Waals surface area contributed by atoms with Crippen LogP contribution in [-0.2, 0) is 9.59 Å². The van der Waals surface area contributed by atoms with Gasteiger partial charge in [0.1, 0.15) is 0 Å². The fraction of sp³-hybridized carbons (Fsp3) is 0.154. The van der Waals surface area contributed by atoms with Crippen LogP contribution < -0.4 is 22.1 Å². The third-order valence-corrected chi connectivity index (χ3v) is 5.45. The predicted molar refractivity (Wildman–Crippen MR) is 131 cm³/mol. The monoisotopic (exact) mass is 426 g/mol. The van der Waals surface area contributed by atoms with Crippen molar-refractivity contribution >= 4 is 44.7 Å². The third-order valence-electron chi connectivity index (χ3n) is 5.45. The van der Waals surface area contributed by atoms with Crippen molar-refractivity contribution in [3.63, 3.8) is 0 Å². The maximum atomic E-state index is 12.5. The average Bonchev–Trinajstić information content (AvgIpc) is 2.79. The van der Waals surface area contributed by atoms with E-state index in [2.05, 4.69) is 10.6 Å². The summed E-state index contributed by atoms with van der Waals surface area (Å²) >= 11 is 0. The molecule has 0 bridgehead atoms. The third kappa shape index (κ3) is 4.06. The maximum Gasteiger partial charge on any atom is 0.241 e. The summed E-state index contributed by atoms with van der Waals surface area (Å²) < 4.78 is 0. The molecule has 0 aliphatic rings. The molecule has 6 N–H and O–H groups in total. The molecule has 6 heteroatoms. The first kappa shape index (κ1) is 21.5. The lowest BCUT2D eigenvalue weighted by Gasteiger charge is -2.21. The Bertz CT molecular complexity index is 1220. The predicted octanol–water partition coefficient (Wildman–Crippen LogP) is 4.23. The second kappa shape index (κ2) is 8.78. The molecule has 2 amide bonds. The highest BCUT2D eigenvalue weighted by atomic mass is 16.2. The molecular formula is C26H26N4O2. The first-order chi connectivity index (χ1) is 15.4. The minimum atomic E-state index is -0.667. The van der Waals surface area contributed by atoms with Gasteiger partial charge in [-0.05, 0) is 47.5 Å². The smallest absolute Gasteiger partial charge is 0.241 e. The van der Waals surface area contributed by atoms with E-state index >= 15 is 0 Å². The molecule has 0 spiro atoms. The van der Waals surface area contributed by atoms with Gasteiger partial charge in [-0.15, -0.1) is 0 Å². The van der Waals surface area contributed by atoms with Gasteiger partial charge in [0.2, 0.25) is 11.8 Å². The summed E-state index contributed by atoms with van der Waals surface area (Å²) in [6.45, 7) is 3.28. The van der Waals surface area contributed by atoms with Crippen molar-refractivity contribution in [2.75, 3.05) is 10.6 Å².